The van der Waals surface area contributed by atoms with E-state index in [0.29, 0.717) is 23.9 Å². The van der Waals surface area contributed by atoms with Gasteiger partial charge in [-0.2, -0.15) is 0 Å². The summed E-state index contributed by atoms with van der Waals surface area (Å²) < 4.78 is 2.60. The lowest BCUT2D eigenvalue weighted by Crippen LogP contribution is -2.31. The smallest absolute Gasteiger partial charge is 0.240 e. The molecule has 1 amide bonds. The Morgan fingerprint density at radius 2 is 2.30 bits per heavy atom. The van der Waals surface area contributed by atoms with Crippen LogP contribution in [-0.4, -0.2) is 27.0 Å². The molecule has 20 heavy (non-hydrogen) atoms. The topological polar surface area (TPSA) is 59.8 Å². The van der Waals surface area contributed by atoms with Crippen LogP contribution in [0.4, 0.5) is 0 Å². The van der Waals surface area contributed by atoms with E-state index in [4.69, 9.17) is 11.6 Å². The molecule has 0 saturated carbocycles. The molecule has 2 rings (SSSR count). The second kappa shape index (κ2) is 6.54. The van der Waals surface area contributed by atoms with Gasteiger partial charge in [0, 0.05) is 17.2 Å². The lowest BCUT2D eigenvalue weighted by Gasteiger charge is -2.10. The maximum Gasteiger partial charge on any atom is 0.240 e. The summed E-state index contributed by atoms with van der Waals surface area (Å²) in [5.74, 6) is 1.24. The van der Waals surface area contributed by atoms with Crippen LogP contribution in [0.25, 0.3) is 11.2 Å². The Morgan fingerprint density at radius 3 is 2.95 bits per heavy atom. The van der Waals surface area contributed by atoms with Gasteiger partial charge in [0.1, 0.15) is 17.9 Å². The Labute approximate surface area is 130 Å². The number of nitrogens with one attached hydrogen (secondary N) is 1. The summed E-state index contributed by atoms with van der Waals surface area (Å²) in [5, 5.41) is 2.88. The average Bonchev–Trinajstić information content (AvgIpc) is 2.73. The van der Waals surface area contributed by atoms with Gasteiger partial charge in [0.2, 0.25) is 5.91 Å². The van der Waals surface area contributed by atoms with Gasteiger partial charge in [-0.15, -0.1) is 11.6 Å². The summed E-state index contributed by atoms with van der Waals surface area (Å²) >= 11 is 9.26. The van der Waals surface area contributed by atoms with Crippen LogP contribution in [0.1, 0.15) is 19.7 Å². The van der Waals surface area contributed by atoms with Crippen molar-refractivity contribution in [2.45, 2.75) is 26.3 Å². The van der Waals surface area contributed by atoms with Gasteiger partial charge in [-0.1, -0.05) is 13.8 Å². The number of hydrogen-bond acceptors (Lipinski definition) is 3. The van der Waals surface area contributed by atoms with Gasteiger partial charge >= 0.3 is 0 Å². The summed E-state index contributed by atoms with van der Waals surface area (Å²) in [5.41, 5.74) is 1.40. The summed E-state index contributed by atoms with van der Waals surface area (Å²) in [6.07, 6.45) is 1.69. The molecule has 0 radical (unpaired) electrons. The van der Waals surface area contributed by atoms with Gasteiger partial charge < -0.3 is 9.88 Å². The van der Waals surface area contributed by atoms with Gasteiger partial charge in [0.25, 0.3) is 0 Å². The minimum Gasteiger partial charge on any atom is -0.354 e. The van der Waals surface area contributed by atoms with Gasteiger partial charge in [-0.25, -0.2) is 9.97 Å². The van der Waals surface area contributed by atoms with E-state index in [-0.39, 0.29) is 18.3 Å². The largest absolute Gasteiger partial charge is 0.354 e. The fourth-order valence-corrected chi connectivity index (χ4v) is 2.34. The molecular formula is C13H16BrClN4O. The number of imidazole rings is 1. The molecule has 2 heterocycles. The molecule has 1 N–H and O–H groups in total. The molecule has 5 nitrogen and oxygen atoms in total. The highest BCUT2D eigenvalue weighted by Crippen LogP contribution is 2.19. The molecule has 2 aromatic rings. The van der Waals surface area contributed by atoms with Gasteiger partial charge in [-0.3, -0.25) is 4.79 Å². The minimum absolute atomic E-state index is 0.0610. The van der Waals surface area contributed by atoms with Crippen molar-refractivity contribution < 1.29 is 4.79 Å². The van der Waals surface area contributed by atoms with Crippen molar-refractivity contribution in [3.05, 3.63) is 22.6 Å². The molecule has 0 aliphatic carbocycles. The summed E-state index contributed by atoms with van der Waals surface area (Å²) in [7, 11) is 0. The number of halogens is 2. The Hall–Kier alpha value is -1.14. The predicted molar refractivity (Wildman–Crippen MR) is 82.6 cm³/mol. The number of carbonyl (C=O) groups is 1. The first-order valence-electron chi connectivity index (χ1n) is 6.34. The van der Waals surface area contributed by atoms with Crippen molar-refractivity contribution in [1.82, 2.24) is 19.9 Å². The average molecular weight is 360 g/mol. The zero-order valence-corrected chi connectivity index (χ0v) is 13.7. The number of aromatic nitrogens is 3. The molecule has 0 fully saturated rings. The van der Waals surface area contributed by atoms with Crippen molar-refractivity contribution in [3.8, 4) is 0 Å². The number of amides is 1. The molecule has 0 aromatic carbocycles. The highest BCUT2D eigenvalue weighted by Gasteiger charge is 2.14. The third-order valence-electron chi connectivity index (χ3n) is 2.76. The number of hydrogen-bond donors (Lipinski definition) is 1. The number of alkyl halides is 1. The van der Waals surface area contributed by atoms with Crippen LogP contribution in [0, 0.1) is 5.92 Å². The molecule has 0 saturated heterocycles. The van der Waals surface area contributed by atoms with Crippen LogP contribution in [0.5, 0.6) is 0 Å². The lowest BCUT2D eigenvalue weighted by atomic mass is 10.2. The Balaban J connectivity index is 2.26. The van der Waals surface area contributed by atoms with Gasteiger partial charge in [0.15, 0.2) is 5.65 Å². The van der Waals surface area contributed by atoms with Crippen LogP contribution in [0.3, 0.4) is 0 Å². The van der Waals surface area contributed by atoms with Crippen LogP contribution >= 0.6 is 27.5 Å². The summed E-state index contributed by atoms with van der Waals surface area (Å²) in [6, 6.07) is 1.86. The normalized spacial score (nSPS) is 11.2. The fourth-order valence-electron chi connectivity index (χ4n) is 1.82. The zero-order chi connectivity index (χ0) is 14.7. The van der Waals surface area contributed by atoms with Crippen molar-refractivity contribution >= 4 is 44.6 Å². The SMILES string of the molecule is CC(C)CNC(=O)Cn1c(CCl)nc2cc(Br)cnc21. The Kier molecular flexibility index (Phi) is 4.99. The van der Waals surface area contributed by atoms with E-state index in [2.05, 4.69) is 45.1 Å². The minimum atomic E-state index is -0.0610. The van der Waals surface area contributed by atoms with E-state index < -0.39 is 0 Å². The lowest BCUT2D eigenvalue weighted by molar-refractivity contribution is -0.121. The molecule has 0 bridgehead atoms. The van der Waals surface area contributed by atoms with E-state index in [9.17, 15) is 4.79 Å². The van der Waals surface area contributed by atoms with Crippen molar-refractivity contribution in [2.75, 3.05) is 6.54 Å². The van der Waals surface area contributed by atoms with Crippen LogP contribution in [0.15, 0.2) is 16.7 Å². The van der Waals surface area contributed by atoms with E-state index in [1.54, 1.807) is 10.8 Å². The third-order valence-corrected chi connectivity index (χ3v) is 3.43. The number of carbonyl (C=O) groups excluding carboxylic acids is 1. The van der Waals surface area contributed by atoms with E-state index in [0.717, 1.165) is 9.99 Å². The second-order valence-corrected chi connectivity index (χ2v) is 6.12. The maximum absolute atomic E-state index is 12.0. The van der Waals surface area contributed by atoms with E-state index >= 15 is 0 Å². The van der Waals surface area contributed by atoms with Crippen LogP contribution < -0.4 is 5.32 Å². The zero-order valence-electron chi connectivity index (χ0n) is 11.4. The number of pyridine rings is 1. The monoisotopic (exact) mass is 358 g/mol. The van der Waals surface area contributed by atoms with Crippen molar-refractivity contribution in [2.24, 2.45) is 5.92 Å². The summed E-state index contributed by atoms with van der Waals surface area (Å²) in [6.45, 7) is 4.94. The Bertz CT molecular complexity index is 626. The van der Waals surface area contributed by atoms with Crippen LogP contribution in [-0.2, 0) is 17.2 Å². The second-order valence-electron chi connectivity index (χ2n) is 4.94. The number of nitrogens with zero attached hydrogens (tertiary/aromatic N) is 3. The number of fused-ring (bicyclic) bond motifs is 1. The van der Waals surface area contributed by atoms with Gasteiger partial charge in [-0.05, 0) is 27.9 Å². The highest BCUT2D eigenvalue weighted by atomic mass is 79.9. The fraction of sp³-hybridized carbons (Fsp3) is 0.462. The standard InChI is InChI=1S/C13H16BrClN4O/c1-8(2)5-16-12(20)7-19-11(4-15)18-10-3-9(14)6-17-13(10)19/h3,6,8H,4-5,7H2,1-2H3,(H,16,20). The molecule has 2 aromatic heterocycles. The molecule has 0 atom stereocenters. The predicted octanol–water partition coefficient (Wildman–Crippen LogP) is 2.70. The molecule has 0 aliphatic rings. The van der Waals surface area contributed by atoms with E-state index in [1.807, 2.05) is 6.07 Å². The summed E-state index contributed by atoms with van der Waals surface area (Å²) in [4.78, 5) is 20.7. The molecule has 7 heteroatoms. The van der Waals surface area contributed by atoms with Crippen LogP contribution in [0.2, 0.25) is 0 Å². The highest BCUT2D eigenvalue weighted by molar-refractivity contribution is 9.10. The quantitative estimate of drug-likeness (QED) is 0.835. The van der Waals surface area contributed by atoms with Crippen molar-refractivity contribution in [3.63, 3.8) is 0 Å². The van der Waals surface area contributed by atoms with E-state index in [1.165, 1.54) is 0 Å². The molecule has 0 unspecified atom stereocenters. The third kappa shape index (κ3) is 3.49. The first kappa shape index (κ1) is 15.3. The number of rotatable bonds is 5. The first-order valence-corrected chi connectivity index (χ1v) is 7.67. The molecule has 0 spiro atoms. The van der Waals surface area contributed by atoms with Crippen molar-refractivity contribution in [1.29, 1.82) is 0 Å². The Morgan fingerprint density at radius 1 is 1.55 bits per heavy atom. The first-order chi connectivity index (χ1) is 9.51. The maximum atomic E-state index is 12.0. The molecular weight excluding hydrogens is 344 g/mol. The van der Waals surface area contributed by atoms with Gasteiger partial charge in [0.05, 0.1) is 5.88 Å². The molecule has 0 aliphatic heterocycles. The molecule has 108 valence electrons.